The van der Waals surface area contributed by atoms with E-state index in [0.717, 1.165) is 9.88 Å². The molecule has 1 aliphatic heterocycles. The molecule has 1 amide bonds. The van der Waals surface area contributed by atoms with E-state index in [-0.39, 0.29) is 11.3 Å². The fourth-order valence-corrected chi connectivity index (χ4v) is 4.66. The lowest BCUT2D eigenvalue weighted by Gasteiger charge is -2.28. The maximum absolute atomic E-state index is 13.5. The Labute approximate surface area is 177 Å². The summed E-state index contributed by atoms with van der Waals surface area (Å²) in [6.07, 6.45) is 1.52. The van der Waals surface area contributed by atoms with Crippen molar-refractivity contribution >= 4 is 37.4 Å². The molecule has 3 rings (SSSR count). The molecule has 9 heteroatoms. The number of amides is 1. The van der Waals surface area contributed by atoms with E-state index < -0.39 is 21.8 Å². The van der Waals surface area contributed by atoms with Crippen LogP contribution in [0.4, 0.5) is 5.69 Å². The fourth-order valence-electron chi connectivity index (χ4n) is 3.12. The van der Waals surface area contributed by atoms with Crippen LogP contribution < -0.4 is 19.1 Å². The minimum atomic E-state index is -3.36. The van der Waals surface area contributed by atoms with Crippen LogP contribution in [0.2, 0.25) is 0 Å². The number of nitrogens with zero attached hydrogens (tertiary/aromatic N) is 1. The predicted octanol–water partition coefficient (Wildman–Crippen LogP) is 3.43. The highest BCUT2D eigenvalue weighted by Crippen LogP contribution is 2.39. The van der Waals surface area contributed by atoms with Gasteiger partial charge < -0.3 is 19.1 Å². The third kappa shape index (κ3) is 4.40. The molecule has 0 saturated carbocycles. The molecule has 2 aromatic carbocycles. The lowest BCUT2D eigenvalue weighted by Crippen LogP contribution is -2.41. The molecule has 0 aromatic heterocycles. The molecule has 0 fully saturated rings. The molecule has 0 spiro atoms. The van der Waals surface area contributed by atoms with Crippen molar-refractivity contribution in [3.05, 3.63) is 57.9 Å². The average molecular weight is 482 g/mol. The normalized spacial score (nSPS) is 17.0. The third-order valence-electron chi connectivity index (χ3n) is 4.48. The summed E-state index contributed by atoms with van der Waals surface area (Å²) in [5.74, 6) is 0.462. The molecule has 0 bridgehead atoms. The first-order valence-corrected chi connectivity index (χ1v) is 11.1. The summed E-state index contributed by atoms with van der Waals surface area (Å²) in [6, 6.07) is 9.53. The second-order valence-electron chi connectivity index (χ2n) is 6.29. The van der Waals surface area contributed by atoms with Gasteiger partial charge in [0.15, 0.2) is 21.3 Å². The van der Waals surface area contributed by atoms with E-state index in [4.69, 9.17) is 14.2 Å². The highest BCUT2D eigenvalue weighted by molar-refractivity contribution is 9.10. The summed E-state index contributed by atoms with van der Waals surface area (Å²) in [5.41, 5.74) is 0.846. The van der Waals surface area contributed by atoms with Crippen LogP contribution in [0.15, 0.2) is 52.4 Å². The van der Waals surface area contributed by atoms with Crippen molar-refractivity contribution in [2.75, 3.05) is 32.0 Å². The number of methoxy groups -OCH3 is 3. The Balaban J connectivity index is 2.10. The monoisotopic (exact) mass is 481 g/mol. The summed E-state index contributed by atoms with van der Waals surface area (Å²) in [7, 11) is 1.04. The lowest BCUT2D eigenvalue weighted by molar-refractivity contribution is 0.0982. The Morgan fingerprint density at radius 2 is 1.62 bits per heavy atom. The van der Waals surface area contributed by atoms with Crippen molar-refractivity contribution in [2.45, 2.75) is 6.04 Å². The van der Waals surface area contributed by atoms with Crippen molar-refractivity contribution in [3.8, 4) is 17.2 Å². The zero-order valence-electron chi connectivity index (χ0n) is 16.1. The topological polar surface area (TPSA) is 82.1 Å². The molecule has 2 aromatic rings. The number of ether oxygens (including phenoxy) is 3. The summed E-state index contributed by atoms with van der Waals surface area (Å²) in [6.45, 7) is 0. The Bertz CT molecular complexity index is 1020. The van der Waals surface area contributed by atoms with Gasteiger partial charge in [0.25, 0.3) is 5.91 Å². The first-order chi connectivity index (χ1) is 13.8. The van der Waals surface area contributed by atoms with Crippen LogP contribution in [-0.2, 0) is 9.84 Å². The highest BCUT2D eigenvalue weighted by Gasteiger charge is 2.33. The van der Waals surface area contributed by atoms with Gasteiger partial charge >= 0.3 is 0 Å². The van der Waals surface area contributed by atoms with Gasteiger partial charge in [0.2, 0.25) is 5.75 Å². The lowest BCUT2D eigenvalue weighted by atomic mass is 10.1. The summed E-state index contributed by atoms with van der Waals surface area (Å²) in [5, 5.41) is 1.14. The van der Waals surface area contributed by atoms with Crippen LogP contribution in [-0.4, -0.2) is 47.4 Å². The molecular formula is C20H20BrNO6S. The van der Waals surface area contributed by atoms with Crippen molar-refractivity contribution in [3.63, 3.8) is 0 Å². The molecule has 154 valence electrons. The Morgan fingerprint density at radius 3 is 2.07 bits per heavy atom. The van der Waals surface area contributed by atoms with E-state index >= 15 is 0 Å². The molecule has 29 heavy (non-hydrogen) atoms. The van der Waals surface area contributed by atoms with Gasteiger partial charge in [-0.25, -0.2) is 8.42 Å². The second-order valence-corrected chi connectivity index (χ2v) is 9.14. The molecule has 0 saturated heterocycles. The molecule has 1 atom stereocenters. The van der Waals surface area contributed by atoms with E-state index in [9.17, 15) is 13.2 Å². The number of anilines is 1. The van der Waals surface area contributed by atoms with E-state index in [2.05, 4.69) is 15.9 Å². The summed E-state index contributed by atoms with van der Waals surface area (Å²) < 4.78 is 40.8. The molecular weight excluding hydrogens is 462 g/mol. The number of hydrogen-bond acceptors (Lipinski definition) is 6. The van der Waals surface area contributed by atoms with Crippen LogP contribution >= 0.6 is 15.9 Å². The van der Waals surface area contributed by atoms with Crippen molar-refractivity contribution in [2.24, 2.45) is 0 Å². The number of carbonyl (C=O) groups is 1. The number of hydrogen-bond donors (Lipinski definition) is 0. The van der Waals surface area contributed by atoms with Crippen LogP contribution in [0.3, 0.4) is 0 Å². The minimum Gasteiger partial charge on any atom is -0.493 e. The van der Waals surface area contributed by atoms with Gasteiger partial charge in [-0.05, 0) is 42.5 Å². The van der Waals surface area contributed by atoms with Gasteiger partial charge in [-0.1, -0.05) is 15.9 Å². The number of sulfone groups is 1. The zero-order chi connectivity index (χ0) is 21.2. The molecule has 7 nitrogen and oxygen atoms in total. The number of rotatable bonds is 6. The van der Waals surface area contributed by atoms with Crippen molar-refractivity contribution < 1.29 is 27.4 Å². The van der Waals surface area contributed by atoms with E-state index in [0.29, 0.717) is 22.9 Å². The van der Waals surface area contributed by atoms with Crippen LogP contribution in [0.5, 0.6) is 17.2 Å². The first-order valence-electron chi connectivity index (χ1n) is 8.59. The Morgan fingerprint density at radius 1 is 1.03 bits per heavy atom. The maximum Gasteiger partial charge on any atom is 0.259 e. The Kier molecular flexibility index (Phi) is 6.18. The number of halogens is 1. The van der Waals surface area contributed by atoms with Gasteiger partial charge in [0.1, 0.15) is 0 Å². The quantitative estimate of drug-likeness (QED) is 0.628. The number of carbonyl (C=O) groups excluding carboxylic acids is 1. The average Bonchev–Trinajstić information content (AvgIpc) is 3.07. The van der Waals surface area contributed by atoms with E-state index in [1.165, 1.54) is 32.3 Å². The molecule has 1 heterocycles. The fraction of sp³-hybridized carbons (Fsp3) is 0.250. The highest BCUT2D eigenvalue weighted by atomic mass is 79.9. The van der Waals surface area contributed by atoms with E-state index in [1.807, 2.05) is 0 Å². The second kappa shape index (κ2) is 8.46. The van der Waals surface area contributed by atoms with Gasteiger partial charge in [0, 0.05) is 21.1 Å². The van der Waals surface area contributed by atoms with Gasteiger partial charge in [-0.2, -0.15) is 0 Å². The van der Waals surface area contributed by atoms with Gasteiger partial charge in [-0.15, -0.1) is 0 Å². The largest absolute Gasteiger partial charge is 0.493 e. The SMILES string of the molecule is COc1cc(C(=O)N(c2ccc(Br)cc2)[C@H]2C=CS(=O)(=O)C2)cc(OC)c1OC. The third-order valence-corrected chi connectivity index (χ3v) is 6.38. The zero-order valence-corrected chi connectivity index (χ0v) is 18.5. The maximum atomic E-state index is 13.5. The number of benzene rings is 2. The first kappa shape index (κ1) is 21.2. The molecule has 0 radical (unpaired) electrons. The van der Waals surface area contributed by atoms with Crippen molar-refractivity contribution in [1.29, 1.82) is 0 Å². The van der Waals surface area contributed by atoms with Gasteiger partial charge in [0.05, 0.1) is 33.1 Å². The molecule has 0 unspecified atom stereocenters. The molecule has 0 N–H and O–H groups in total. The molecule has 0 aliphatic carbocycles. The van der Waals surface area contributed by atoms with Crippen LogP contribution in [0.1, 0.15) is 10.4 Å². The molecule has 1 aliphatic rings. The van der Waals surface area contributed by atoms with Gasteiger partial charge in [-0.3, -0.25) is 4.79 Å². The van der Waals surface area contributed by atoms with E-state index in [1.54, 1.807) is 36.4 Å². The smallest absolute Gasteiger partial charge is 0.259 e. The van der Waals surface area contributed by atoms with Crippen LogP contribution in [0.25, 0.3) is 0 Å². The van der Waals surface area contributed by atoms with Crippen LogP contribution in [0, 0.1) is 0 Å². The Hall–Kier alpha value is -2.52. The predicted molar refractivity (Wildman–Crippen MR) is 114 cm³/mol. The standard InChI is InChI=1S/C20H20BrNO6S/c1-26-17-10-13(11-18(27-2)19(17)28-3)20(23)22(15-6-4-14(21)5-7-15)16-8-9-29(24,25)12-16/h4-11,16H,12H2,1-3H3/t16-/m0/s1. The summed E-state index contributed by atoms with van der Waals surface area (Å²) in [4.78, 5) is 15.0. The minimum absolute atomic E-state index is 0.181. The van der Waals surface area contributed by atoms with Crippen molar-refractivity contribution in [1.82, 2.24) is 0 Å². The summed E-state index contributed by atoms with van der Waals surface area (Å²) >= 11 is 3.37.